The summed E-state index contributed by atoms with van der Waals surface area (Å²) in [5.41, 5.74) is 5.46. The fraction of sp³-hybridized carbons (Fsp3) is 1.00. The second-order valence-corrected chi connectivity index (χ2v) is 32.0. The molecule has 2 N–H and O–H groups in total. The number of hydrogen-bond donors (Lipinski definition) is 1. The van der Waals surface area contributed by atoms with Crippen molar-refractivity contribution in [2.45, 2.75) is 15.8 Å². The summed E-state index contributed by atoms with van der Waals surface area (Å²) in [4.78, 5) is 2.49. The first-order chi connectivity index (χ1) is 4.68. The van der Waals surface area contributed by atoms with Gasteiger partial charge in [0.15, 0.2) is 0 Å². The maximum atomic E-state index is 5.46. The minimum absolute atomic E-state index is 0.869. The SMILES string of the molecule is C[S][Sn]([CH3])([CH2]CCN)[S]C. The van der Waals surface area contributed by atoms with Crippen LogP contribution in [0.3, 0.4) is 0 Å². The Morgan fingerprint density at radius 3 is 2.10 bits per heavy atom. The second-order valence-electron chi connectivity index (χ2n) is 2.43. The van der Waals surface area contributed by atoms with Gasteiger partial charge in [0.1, 0.15) is 0 Å². The van der Waals surface area contributed by atoms with Crippen molar-refractivity contribution in [3.05, 3.63) is 0 Å². The molecule has 4 heteroatoms. The van der Waals surface area contributed by atoms with Crippen molar-refractivity contribution in [2.24, 2.45) is 5.73 Å². The maximum absolute atomic E-state index is 5.46. The van der Waals surface area contributed by atoms with E-state index in [-0.39, 0.29) is 0 Å². The first kappa shape index (κ1) is 11.5. The van der Waals surface area contributed by atoms with Crippen LogP contribution in [0.15, 0.2) is 0 Å². The zero-order chi connectivity index (χ0) is 8.04. The normalized spacial score (nSPS) is 12.0. The van der Waals surface area contributed by atoms with E-state index in [0.717, 1.165) is 6.54 Å². The Morgan fingerprint density at radius 2 is 1.80 bits per heavy atom. The standard InChI is InChI=1S/C3H8N.2CH4S.CH3.Sn/c1-2-3-4;2*1-2;;/h1-4H2;2*2H,1H3;1H3;/q;;;;+2/p-2. The van der Waals surface area contributed by atoms with E-state index in [4.69, 9.17) is 5.73 Å². The van der Waals surface area contributed by atoms with Crippen LogP contribution in [0.1, 0.15) is 6.42 Å². The van der Waals surface area contributed by atoms with Gasteiger partial charge in [0.05, 0.1) is 0 Å². The third kappa shape index (κ3) is 4.36. The first-order valence-electron chi connectivity index (χ1n) is 3.49. The van der Waals surface area contributed by atoms with Crippen molar-refractivity contribution in [3.8, 4) is 0 Å². The van der Waals surface area contributed by atoms with E-state index in [1.54, 1.807) is 0 Å². The van der Waals surface area contributed by atoms with Gasteiger partial charge in [-0.3, -0.25) is 0 Å². The number of hydrogen-bond acceptors (Lipinski definition) is 3. The predicted molar refractivity (Wildman–Crippen MR) is 57.1 cm³/mol. The molecule has 0 aliphatic carbocycles. The third-order valence-corrected chi connectivity index (χ3v) is 31.3. The van der Waals surface area contributed by atoms with E-state index in [9.17, 15) is 0 Å². The van der Waals surface area contributed by atoms with Gasteiger partial charge in [-0.1, -0.05) is 0 Å². The van der Waals surface area contributed by atoms with E-state index < -0.39 is 15.6 Å². The molecule has 0 aliphatic heterocycles. The van der Waals surface area contributed by atoms with Crippen molar-refractivity contribution in [3.63, 3.8) is 0 Å². The van der Waals surface area contributed by atoms with Gasteiger partial charge in [-0.15, -0.1) is 0 Å². The quantitative estimate of drug-likeness (QED) is 0.784. The monoisotopic (exact) mass is 287 g/mol. The van der Waals surface area contributed by atoms with Gasteiger partial charge in [0.2, 0.25) is 0 Å². The molecule has 0 bridgehead atoms. The molecule has 0 aromatic carbocycles. The van der Waals surface area contributed by atoms with Gasteiger partial charge in [-0.2, -0.15) is 0 Å². The van der Waals surface area contributed by atoms with Crippen molar-refractivity contribution >= 4 is 33.5 Å². The fourth-order valence-electron chi connectivity index (χ4n) is 0.711. The summed E-state index contributed by atoms with van der Waals surface area (Å²) < 4.78 is 1.42. The molecule has 0 spiro atoms. The van der Waals surface area contributed by atoms with E-state index >= 15 is 0 Å². The molecule has 0 unspecified atom stereocenters. The molecule has 0 heterocycles. The summed E-state index contributed by atoms with van der Waals surface area (Å²) in [6.07, 6.45) is 5.74. The van der Waals surface area contributed by atoms with Crippen molar-refractivity contribution in [2.75, 3.05) is 19.1 Å². The molecule has 62 valence electrons. The van der Waals surface area contributed by atoms with Gasteiger partial charge < -0.3 is 0 Å². The first-order valence-corrected chi connectivity index (χ1v) is 17.8. The molecule has 0 saturated carbocycles. The predicted octanol–water partition coefficient (Wildman–Crippen LogP) is 2.13. The average molecular weight is 286 g/mol. The summed E-state index contributed by atoms with van der Waals surface area (Å²) in [5.74, 6) is 0. The Kier molecular flexibility index (Phi) is 6.91. The van der Waals surface area contributed by atoms with Gasteiger partial charge in [0, 0.05) is 0 Å². The van der Waals surface area contributed by atoms with Crippen LogP contribution in [-0.4, -0.2) is 34.7 Å². The van der Waals surface area contributed by atoms with E-state index in [1.165, 1.54) is 10.9 Å². The van der Waals surface area contributed by atoms with Gasteiger partial charge in [0.25, 0.3) is 0 Å². The Hall–Kier alpha value is 1.46. The molecule has 0 atom stereocenters. The zero-order valence-corrected chi connectivity index (χ0v) is 11.5. The van der Waals surface area contributed by atoms with Crippen LogP contribution in [0.2, 0.25) is 9.38 Å². The van der Waals surface area contributed by atoms with E-state index in [2.05, 4.69) is 35.3 Å². The molecule has 10 heavy (non-hydrogen) atoms. The van der Waals surface area contributed by atoms with Crippen molar-refractivity contribution in [1.82, 2.24) is 0 Å². The van der Waals surface area contributed by atoms with Gasteiger partial charge in [-0.05, 0) is 0 Å². The Labute approximate surface area is 73.7 Å². The van der Waals surface area contributed by atoms with Crippen molar-refractivity contribution in [1.29, 1.82) is 0 Å². The number of nitrogens with two attached hydrogens (primary N) is 1. The van der Waals surface area contributed by atoms with Crippen LogP contribution in [0.4, 0.5) is 0 Å². The third-order valence-electron chi connectivity index (χ3n) is 1.70. The van der Waals surface area contributed by atoms with Crippen LogP contribution >= 0.6 is 17.9 Å². The molecular weight excluding hydrogens is 269 g/mol. The summed E-state index contributed by atoms with van der Waals surface area (Å²) >= 11 is -1.66. The molecule has 0 aromatic rings. The van der Waals surface area contributed by atoms with Crippen LogP contribution in [0.5, 0.6) is 0 Å². The summed E-state index contributed by atoms with van der Waals surface area (Å²) in [5, 5.41) is 0. The molecule has 0 aromatic heterocycles. The molecular formula is C6H17NS2Sn. The summed E-state index contributed by atoms with van der Waals surface area (Å²) in [6, 6.07) is 0. The van der Waals surface area contributed by atoms with Gasteiger partial charge >= 0.3 is 74.1 Å². The molecule has 0 radical (unpaired) electrons. The molecule has 0 rings (SSSR count). The Bertz CT molecular complexity index is 85.8. The van der Waals surface area contributed by atoms with Crippen LogP contribution in [0, 0.1) is 0 Å². The number of rotatable bonds is 5. The molecule has 1 nitrogen and oxygen atoms in total. The van der Waals surface area contributed by atoms with E-state index in [0.29, 0.717) is 0 Å². The van der Waals surface area contributed by atoms with Crippen LogP contribution < -0.4 is 5.73 Å². The summed E-state index contributed by atoms with van der Waals surface area (Å²) in [7, 11) is 4.26. The molecule has 0 aliphatic rings. The second kappa shape index (κ2) is 6.03. The van der Waals surface area contributed by atoms with Crippen molar-refractivity contribution < 1.29 is 0 Å². The average Bonchev–Trinajstić information content (AvgIpc) is 2.00. The Morgan fingerprint density at radius 1 is 1.30 bits per heavy atom. The molecule has 0 amide bonds. The molecule has 0 fully saturated rings. The van der Waals surface area contributed by atoms with Crippen LogP contribution in [-0.2, 0) is 0 Å². The topological polar surface area (TPSA) is 26.0 Å². The fourth-order valence-corrected chi connectivity index (χ4v) is 13.9. The minimum atomic E-state index is -1.66. The summed E-state index contributed by atoms with van der Waals surface area (Å²) in [6.45, 7) is 0.869. The van der Waals surface area contributed by atoms with Crippen LogP contribution in [0.25, 0.3) is 0 Å². The zero-order valence-electron chi connectivity index (χ0n) is 7.02. The Balaban J connectivity index is 3.58. The van der Waals surface area contributed by atoms with E-state index in [1.807, 2.05) is 0 Å². The molecule has 0 saturated heterocycles. The van der Waals surface area contributed by atoms with Gasteiger partial charge in [-0.25, -0.2) is 0 Å².